The van der Waals surface area contributed by atoms with Crippen LogP contribution in [0.4, 0.5) is 9.18 Å². The second-order valence-corrected chi connectivity index (χ2v) is 5.57. The Morgan fingerprint density at radius 1 is 1.44 bits per heavy atom. The lowest BCUT2D eigenvalue weighted by Gasteiger charge is -2.27. The van der Waals surface area contributed by atoms with Crippen molar-refractivity contribution in [2.24, 2.45) is 0 Å². The third-order valence-corrected chi connectivity index (χ3v) is 2.63. The topological polar surface area (TPSA) is 58.6 Å². The van der Waals surface area contributed by atoms with Crippen LogP contribution in [0.3, 0.4) is 0 Å². The standard InChI is InChI=1S/C12H21FN2O3/c1-8(16)14-9-5-10(6-13)15(7-9)11(17)18-12(2,3)4/h9-10H,5-7H2,1-4H3,(H,14,16)/t9-,10-/m1/s1. The predicted octanol–water partition coefficient (Wildman–Crippen LogP) is 1.47. The molecule has 1 N–H and O–H groups in total. The minimum atomic E-state index is -0.630. The predicted molar refractivity (Wildman–Crippen MR) is 64.9 cm³/mol. The lowest BCUT2D eigenvalue weighted by Crippen LogP contribution is -2.42. The highest BCUT2D eigenvalue weighted by atomic mass is 19.1. The van der Waals surface area contributed by atoms with Gasteiger partial charge in [-0.3, -0.25) is 4.79 Å². The first-order valence-corrected chi connectivity index (χ1v) is 6.05. The van der Waals surface area contributed by atoms with Gasteiger partial charge in [-0.1, -0.05) is 0 Å². The highest BCUT2D eigenvalue weighted by molar-refractivity contribution is 5.74. The molecular weight excluding hydrogens is 239 g/mol. The molecule has 18 heavy (non-hydrogen) atoms. The zero-order valence-corrected chi connectivity index (χ0v) is 11.3. The highest BCUT2D eigenvalue weighted by Gasteiger charge is 2.37. The van der Waals surface area contributed by atoms with Crippen molar-refractivity contribution in [3.63, 3.8) is 0 Å². The molecule has 2 atom stereocenters. The molecule has 104 valence electrons. The van der Waals surface area contributed by atoms with Crippen molar-refractivity contribution in [3.05, 3.63) is 0 Å². The SMILES string of the molecule is CC(=O)N[C@@H]1C[C@H](CF)N(C(=O)OC(C)(C)C)C1. The summed E-state index contributed by atoms with van der Waals surface area (Å²) in [5.41, 5.74) is -0.607. The number of amides is 2. The van der Waals surface area contributed by atoms with Gasteiger partial charge in [0.15, 0.2) is 0 Å². The first kappa shape index (κ1) is 14.7. The quantitative estimate of drug-likeness (QED) is 0.818. The van der Waals surface area contributed by atoms with Gasteiger partial charge in [0, 0.05) is 19.5 Å². The monoisotopic (exact) mass is 260 g/mol. The number of hydrogen-bond donors (Lipinski definition) is 1. The summed E-state index contributed by atoms with van der Waals surface area (Å²) >= 11 is 0. The maximum Gasteiger partial charge on any atom is 0.410 e. The lowest BCUT2D eigenvalue weighted by molar-refractivity contribution is -0.119. The molecule has 0 aromatic rings. The van der Waals surface area contributed by atoms with Crippen LogP contribution in [0, 0.1) is 0 Å². The minimum Gasteiger partial charge on any atom is -0.444 e. The zero-order valence-electron chi connectivity index (χ0n) is 11.3. The Balaban J connectivity index is 2.64. The fourth-order valence-corrected chi connectivity index (χ4v) is 2.00. The van der Waals surface area contributed by atoms with E-state index in [1.807, 2.05) is 0 Å². The first-order valence-electron chi connectivity index (χ1n) is 6.05. The average Bonchev–Trinajstić information content (AvgIpc) is 2.57. The Kier molecular flexibility index (Phi) is 4.53. The molecule has 1 rings (SSSR count). The van der Waals surface area contributed by atoms with Crippen molar-refractivity contribution < 1.29 is 18.7 Å². The summed E-state index contributed by atoms with van der Waals surface area (Å²) in [6.07, 6.45) is -0.104. The number of hydrogen-bond acceptors (Lipinski definition) is 3. The molecule has 0 saturated carbocycles. The third-order valence-electron chi connectivity index (χ3n) is 2.63. The van der Waals surface area contributed by atoms with Crippen molar-refractivity contribution >= 4 is 12.0 Å². The molecule has 6 heteroatoms. The number of carbonyl (C=O) groups is 2. The summed E-state index contributed by atoms with van der Waals surface area (Å²) in [5.74, 6) is -0.177. The van der Waals surface area contributed by atoms with Crippen LogP contribution in [0.2, 0.25) is 0 Å². The van der Waals surface area contributed by atoms with Gasteiger partial charge < -0.3 is 15.0 Å². The van der Waals surface area contributed by atoms with Gasteiger partial charge in [0.25, 0.3) is 0 Å². The van der Waals surface area contributed by atoms with Gasteiger partial charge in [-0.25, -0.2) is 9.18 Å². The molecule has 5 nitrogen and oxygen atoms in total. The van der Waals surface area contributed by atoms with Crippen molar-refractivity contribution in [2.75, 3.05) is 13.2 Å². The van der Waals surface area contributed by atoms with E-state index >= 15 is 0 Å². The Bertz CT molecular complexity index is 328. The first-order chi connectivity index (χ1) is 8.23. The Labute approximate surface area is 107 Å². The molecule has 1 heterocycles. The normalized spacial score (nSPS) is 23.9. The minimum absolute atomic E-state index is 0.177. The fourth-order valence-electron chi connectivity index (χ4n) is 2.00. The van der Waals surface area contributed by atoms with Gasteiger partial charge in [-0.15, -0.1) is 0 Å². The Morgan fingerprint density at radius 2 is 2.06 bits per heavy atom. The number of ether oxygens (including phenoxy) is 1. The molecule has 0 aliphatic carbocycles. The van der Waals surface area contributed by atoms with Gasteiger partial charge in [0.2, 0.25) is 5.91 Å². The molecule has 0 aromatic carbocycles. The molecule has 1 saturated heterocycles. The van der Waals surface area contributed by atoms with Gasteiger partial charge in [0.05, 0.1) is 6.04 Å². The number of halogens is 1. The Hall–Kier alpha value is -1.33. The summed E-state index contributed by atoms with van der Waals surface area (Å²) in [4.78, 5) is 24.2. The molecule has 0 bridgehead atoms. The van der Waals surface area contributed by atoms with Crippen molar-refractivity contribution in [2.45, 2.75) is 51.8 Å². The molecule has 0 aromatic heterocycles. The smallest absolute Gasteiger partial charge is 0.410 e. The van der Waals surface area contributed by atoms with Crippen LogP contribution >= 0.6 is 0 Å². The molecule has 0 radical (unpaired) electrons. The van der Waals surface area contributed by atoms with Gasteiger partial charge in [0.1, 0.15) is 12.3 Å². The van der Waals surface area contributed by atoms with Crippen LogP contribution < -0.4 is 5.32 Å². The number of rotatable bonds is 2. The highest BCUT2D eigenvalue weighted by Crippen LogP contribution is 2.21. The van der Waals surface area contributed by atoms with Crippen molar-refractivity contribution in [1.29, 1.82) is 0 Å². The van der Waals surface area contributed by atoms with Crippen molar-refractivity contribution in [1.82, 2.24) is 10.2 Å². The fraction of sp³-hybridized carbons (Fsp3) is 0.833. The van der Waals surface area contributed by atoms with E-state index in [0.29, 0.717) is 13.0 Å². The van der Waals surface area contributed by atoms with Crippen LogP contribution in [0.1, 0.15) is 34.1 Å². The van der Waals surface area contributed by atoms with E-state index in [9.17, 15) is 14.0 Å². The van der Waals surface area contributed by atoms with Gasteiger partial charge >= 0.3 is 6.09 Å². The van der Waals surface area contributed by atoms with E-state index in [-0.39, 0.29) is 11.9 Å². The molecule has 0 spiro atoms. The third kappa shape index (κ3) is 4.16. The second-order valence-electron chi connectivity index (χ2n) is 5.57. The van der Waals surface area contributed by atoms with E-state index in [2.05, 4.69) is 5.32 Å². The molecule has 1 aliphatic heterocycles. The molecular formula is C12H21FN2O3. The maximum absolute atomic E-state index is 12.9. The second kappa shape index (κ2) is 5.54. The van der Waals surface area contributed by atoms with Crippen molar-refractivity contribution in [3.8, 4) is 0 Å². The average molecular weight is 260 g/mol. The summed E-state index contributed by atoms with van der Waals surface area (Å²) in [7, 11) is 0. The van der Waals surface area contributed by atoms with E-state index in [1.54, 1.807) is 20.8 Å². The molecule has 1 fully saturated rings. The van der Waals surface area contributed by atoms with Crippen LogP contribution in [-0.4, -0.2) is 47.8 Å². The van der Waals surface area contributed by atoms with E-state index in [4.69, 9.17) is 4.74 Å². The van der Waals surface area contributed by atoms with Gasteiger partial charge in [-0.2, -0.15) is 0 Å². The van der Waals surface area contributed by atoms with Crippen LogP contribution in [0.15, 0.2) is 0 Å². The number of nitrogens with zero attached hydrogens (tertiary/aromatic N) is 1. The van der Waals surface area contributed by atoms with E-state index < -0.39 is 24.4 Å². The maximum atomic E-state index is 12.9. The summed E-state index contributed by atoms with van der Waals surface area (Å²) < 4.78 is 18.1. The number of carbonyl (C=O) groups excluding carboxylic acids is 2. The van der Waals surface area contributed by atoms with Crippen LogP contribution in [0.25, 0.3) is 0 Å². The molecule has 2 amide bonds. The molecule has 1 aliphatic rings. The van der Waals surface area contributed by atoms with E-state index in [1.165, 1.54) is 11.8 Å². The Morgan fingerprint density at radius 3 is 2.50 bits per heavy atom. The van der Waals surface area contributed by atoms with E-state index in [0.717, 1.165) is 0 Å². The largest absolute Gasteiger partial charge is 0.444 e. The number of likely N-dealkylation sites (tertiary alicyclic amines) is 1. The number of nitrogens with one attached hydrogen (secondary N) is 1. The molecule has 0 unspecified atom stereocenters. The number of alkyl halides is 1. The zero-order chi connectivity index (χ0) is 13.9. The lowest BCUT2D eigenvalue weighted by atomic mass is 10.2. The van der Waals surface area contributed by atoms with Gasteiger partial charge in [-0.05, 0) is 27.2 Å². The summed E-state index contributed by atoms with van der Waals surface area (Å²) in [6, 6.07) is -0.715. The van der Waals surface area contributed by atoms with Crippen LogP contribution in [0.5, 0.6) is 0 Å². The van der Waals surface area contributed by atoms with Crippen LogP contribution in [-0.2, 0) is 9.53 Å². The summed E-state index contributed by atoms with van der Waals surface area (Å²) in [5, 5.41) is 2.70. The summed E-state index contributed by atoms with van der Waals surface area (Å²) in [6.45, 7) is 6.35.